The fourth-order valence-electron chi connectivity index (χ4n) is 1.78. The van der Waals surface area contributed by atoms with Crippen LogP contribution in [0.3, 0.4) is 0 Å². The molecular formula is C11H13ClN2O. The van der Waals surface area contributed by atoms with Crippen LogP contribution in [-0.2, 0) is 0 Å². The lowest BCUT2D eigenvalue weighted by atomic mass is 10.3. The van der Waals surface area contributed by atoms with Gasteiger partial charge in [-0.15, -0.1) is 0 Å². The molecular weight excluding hydrogens is 212 g/mol. The van der Waals surface area contributed by atoms with Gasteiger partial charge in [0.15, 0.2) is 0 Å². The first kappa shape index (κ1) is 10.3. The summed E-state index contributed by atoms with van der Waals surface area (Å²) in [6.45, 7) is 0.904. The Bertz CT molecular complexity index is 392. The van der Waals surface area contributed by atoms with Crippen LogP contribution in [0.25, 0.3) is 0 Å². The monoisotopic (exact) mass is 224 g/mol. The van der Waals surface area contributed by atoms with Gasteiger partial charge in [-0.1, -0.05) is 11.6 Å². The summed E-state index contributed by atoms with van der Waals surface area (Å²) in [7, 11) is 1.60. The predicted molar refractivity (Wildman–Crippen MR) is 62.3 cm³/mol. The zero-order chi connectivity index (χ0) is 10.8. The van der Waals surface area contributed by atoms with Crippen LogP contribution in [-0.4, -0.2) is 19.5 Å². The van der Waals surface area contributed by atoms with Crippen molar-refractivity contribution >= 4 is 23.1 Å². The molecule has 4 heteroatoms. The average Bonchev–Trinajstić information content (AvgIpc) is 2.64. The minimum Gasteiger partial charge on any atom is -0.495 e. The van der Waals surface area contributed by atoms with Gasteiger partial charge in [0, 0.05) is 18.7 Å². The molecule has 1 fully saturated rings. The fraction of sp³-hybridized carbons (Fsp3) is 0.364. The van der Waals surface area contributed by atoms with E-state index in [2.05, 4.69) is 0 Å². The minimum atomic E-state index is 0.592. The first-order chi connectivity index (χ1) is 7.22. The summed E-state index contributed by atoms with van der Waals surface area (Å²) in [5.41, 5.74) is 0.975. The number of nitrogens with one attached hydrogen (secondary N) is 1. The molecule has 0 saturated carbocycles. The van der Waals surface area contributed by atoms with Crippen molar-refractivity contribution in [3.63, 3.8) is 0 Å². The highest BCUT2D eigenvalue weighted by Gasteiger charge is 2.19. The minimum absolute atomic E-state index is 0.592. The molecule has 0 aromatic heterocycles. The van der Waals surface area contributed by atoms with Gasteiger partial charge in [-0.25, -0.2) is 0 Å². The molecule has 0 bridgehead atoms. The van der Waals surface area contributed by atoms with Crippen molar-refractivity contribution in [3.05, 3.63) is 23.2 Å². The molecule has 0 spiro atoms. The van der Waals surface area contributed by atoms with E-state index in [4.69, 9.17) is 21.7 Å². The van der Waals surface area contributed by atoms with Crippen LogP contribution in [0.4, 0.5) is 5.69 Å². The lowest BCUT2D eigenvalue weighted by Gasteiger charge is -2.18. The molecule has 0 amide bonds. The van der Waals surface area contributed by atoms with E-state index in [1.807, 2.05) is 23.1 Å². The van der Waals surface area contributed by atoms with Crippen LogP contribution in [0.2, 0.25) is 5.02 Å². The Morgan fingerprint density at radius 2 is 2.27 bits per heavy atom. The molecule has 0 atom stereocenters. The normalized spacial score (nSPS) is 15.9. The number of amidine groups is 1. The van der Waals surface area contributed by atoms with E-state index in [0.29, 0.717) is 16.6 Å². The van der Waals surface area contributed by atoms with E-state index in [9.17, 15) is 0 Å². The quantitative estimate of drug-likeness (QED) is 0.839. The van der Waals surface area contributed by atoms with Gasteiger partial charge < -0.3 is 9.64 Å². The van der Waals surface area contributed by atoms with Gasteiger partial charge in [-0.2, -0.15) is 0 Å². The molecule has 3 nitrogen and oxygen atoms in total. The van der Waals surface area contributed by atoms with E-state index in [0.717, 1.165) is 25.1 Å². The van der Waals surface area contributed by atoms with Crippen LogP contribution in [0.1, 0.15) is 12.8 Å². The molecule has 1 aliphatic heterocycles. The number of nitrogens with zero attached hydrogens (tertiary/aromatic N) is 1. The lowest BCUT2D eigenvalue weighted by molar-refractivity contribution is 0.415. The van der Waals surface area contributed by atoms with E-state index in [1.54, 1.807) is 7.11 Å². The van der Waals surface area contributed by atoms with Gasteiger partial charge in [-0.05, 0) is 24.6 Å². The van der Waals surface area contributed by atoms with Gasteiger partial charge in [0.1, 0.15) is 11.6 Å². The summed E-state index contributed by atoms with van der Waals surface area (Å²) >= 11 is 6.03. The Morgan fingerprint density at radius 3 is 2.80 bits per heavy atom. The van der Waals surface area contributed by atoms with Crippen LogP contribution in [0, 0.1) is 5.41 Å². The van der Waals surface area contributed by atoms with Crippen LogP contribution in [0.5, 0.6) is 5.75 Å². The molecule has 1 aromatic rings. The van der Waals surface area contributed by atoms with Crippen molar-refractivity contribution in [2.45, 2.75) is 12.8 Å². The molecule has 2 rings (SSSR count). The van der Waals surface area contributed by atoms with Gasteiger partial charge in [-0.3, -0.25) is 5.41 Å². The zero-order valence-corrected chi connectivity index (χ0v) is 9.34. The Balaban J connectivity index is 2.29. The Morgan fingerprint density at radius 1 is 1.47 bits per heavy atom. The number of ether oxygens (including phenoxy) is 1. The maximum Gasteiger partial charge on any atom is 0.137 e. The summed E-state index contributed by atoms with van der Waals surface area (Å²) in [5.74, 6) is 1.34. The molecule has 0 unspecified atom stereocenters. The number of methoxy groups -OCH3 is 1. The number of hydrogen-bond donors (Lipinski definition) is 1. The van der Waals surface area contributed by atoms with Gasteiger partial charge in [0.25, 0.3) is 0 Å². The maximum atomic E-state index is 7.76. The van der Waals surface area contributed by atoms with Gasteiger partial charge in [0.05, 0.1) is 12.1 Å². The van der Waals surface area contributed by atoms with Crippen LogP contribution in [0.15, 0.2) is 18.2 Å². The maximum absolute atomic E-state index is 7.76. The number of benzene rings is 1. The highest BCUT2D eigenvalue weighted by Crippen LogP contribution is 2.30. The summed E-state index contributed by atoms with van der Waals surface area (Å²) in [4.78, 5) is 1.98. The van der Waals surface area contributed by atoms with Crippen molar-refractivity contribution in [1.29, 1.82) is 5.41 Å². The molecule has 1 N–H and O–H groups in total. The Hall–Kier alpha value is -1.22. The van der Waals surface area contributed by atoms with Gasteiger partial charge >= 0.3 is 0 Å². The fourth-order valence-corrected chi connectivity index (χ4v) is 2.03. The third-order valence-corrected chi connectivity index (χ3v) is 2.86. The number of rotatable bonds is 2. The second-order valence-electron chi connectivity index (χ2n) is 3.52. The Labute approximate surface area is 94.1 Å². The summed E-state index contributed by atoms with van der Waals surface area (Å²) in [5, 5.41) is 8.36. The average molecular weight is 225 g/mol. The van der Waals surface area contributed by atoms with E-state index in [1.165, 1.54) is 0 Å². The topological polar surface area (TPSA) is 36.3 Å². The first-order valence-corrected chi connectivity index (χ1v) is 5.28. The largest absolute Gasteiger partial charge is 0.495 e. The highest BCUT2D eigenvalue weighted by molar-refractivity contribution is 6.32. The molecule has 0 aliphatic carbocycles. The smallest absolute Gasteiger partial charge is 0.137 e. The molecule has 80 valence electrons. The van der Waals surface area contributed by atoms with E-state index < -0.39 is 0 Å². The molecule has 1 aliphatic rings. The molecule has 1 saturated heterocycles. The third-order valence-electron chi connectivity index (χ3n) is 2.57. The SMILES string of the molecule is COc1ccc(N2CCCC2=N)cc1Cl. The van der Waals surface area contributed by atoms with Crippen molar-refractivity contribution < 1.29 is 4.74 Å². The summed E-state index contributed by atoms with van der Waals surface area (Å²) in [6, 6.07) is 5.62. The number of hydrogen-bond acceptors (Lipinski definition) is 2. The lowest BCUT2D eigenvalue weighted by Crippen LogP contribution is -2.22. The predicted octanol–water partition coefficient (Wildman–Crippen LogP) is 2.93. The number of halogens is 1. The summed E-state index contributed by atoms with van der Waals surface area (Å²) in [6.07, 6.45) is 1.89. The van der Waals surface area contributed by atoms with Crippen LogP contribution < -0.4 is 9.64 Å². The van der Waals surface area contributed by atoms with Crippen molar-refractivity contribution in [2.24, 2.45) is 0 Å². The van der Waals surface area contributed by atoms with Crippen molar-refractivity contribution in [3.8, 4) is 5.75 Å². The zero-order valence-electron chi connectivity index (χ0n) is 8.59. The van der Waals surface area contributed by atoms with Crippen molar-refractivity contribution in [2.75, 3.05) is 18.6 Å². The van der Waals surface area contributed by atoms with E-state index in [-0.39, 0.29) is 0 Å². The molecule has 0 radical (unpaired) electrons. The van der Waals surface area contributed by atoms with Gasteiger partial charge in [0.2, 0.25) is 0 Å². The molecule has 1 heterocycles. The Kier molecular flexibility index (Phi) is 2.82. The number of anilines is 1. The molecule has 15 heavy (non-hydrogen) atoms. The third kappa shape index (κ3) is 1.92. The standard InChI is InChI=1S/C11H13ClN2O/c1-15-10-5-4-8(7-9(10)12)14-6-2-3-11(14)13/h4-5,7,13H,2-3,6H2,1H3. The first-order valence-electron chi connectivity index (χ1n) is 4.91. The second kappa shape index (κ2) is 4.11. The van der Waals surface area contributed by atoms with Crippen LogP contribution >= 0.6 is 11.6 Å². The van der Waals surface area contributed by atoms with E-state index >= 15 is 0 Å². The van der Waals surface area contributed by atoms with Crippen molar-refractivity contribution in [1.82, 2.24) is 0 Å². The highest BCUT2D eigenvalue weighted by atomic mass is 35.5. The molecule has 1 aromatic carbocycles. The summed E-state index contributed by atoms with van der Waals surface area (Å²) < 4.78 is 5.09. The second-order valence-corrected chi connectivity index (χ2v) is 3.93.